The SMILES string of the molecule is C1=C2CCC(=C1)C2.O=S(=O)([O-])C(F)(F)F.[Rh]. The summed E-state index contributed by atoms with van der Waals surface area (Å²) >= 11 is 0. The molecule has 1 saturated carbocycles. The van der Waals surface area contributed by atoms with E-state index in [2.05, 4.69) is 12.2 Å². The van der Waals surface area contributed by atoms with Gasteiger partial charge in [0.2, 0.25) is 0 Å². The average Bonchev–Trinajstić information content (AvgIpc) is 2.62. The van der Waals surface area contributed by atoms with E-state index >= 15 is 0 Å². The summed E-state index contributed by atoms with van der Waals surface area (Å²) in [5.74, 6) is 0. The van der Waals surface area contributed by atoms with Crippen LogP contribution in [0.2, 0.25) is 0 Å². The van der Waals surface area contributed by atoms with E-state index in [0.29, 0.717) is 0 Å². The maximum Gasteiger partial charge on any atom is 0.485 e. The van der Waals surface area contributed by atoms with Gasteiger partial charge in [0.1, 0.15) is 0 Å². The Labute approximate surface area is 104 Å². The summed E-state index contributed by atoms with van der Waals surface area (Å²) in [5.41, 5.74) is -2.35. The molecule has 2 aliphatic carbocycles. The van der Waals surface area contributed by atoms with Crippen molar-refractivity contribution in [3.8, 4) is 0 Å². The maximum absolute atomic E-state index is 10.7. The third kappa shape index (κ3) is 4.35. The number of hydrogen-bond donors (Lipinski definition) is 0. The molecule has 0 amide bonds. The van der Waals surface area contributed by atoms with Gasteiger partial charge in [-0.1, -0.05) is 23.3 Å². The summed E-state index contributed by atoms with van der Waals surface area (Å²) in [4.78, 5) is 0. The van der Waals surface area contributed by atoms with Crippen molar-refractivity contribution < 1.29 is 45.6 Å². The molecule has 0 unspecified atom stereocenters. The largest absolute Gasteiger partial charge is 0.741 e. The van der Waals surface area contributed by atoms with Crippen molar-refractivity contribution in [2.24, 2.45) is 0 Å². The standard InChI is InChI=1S/C7H8.CHF3O3S.Rh/c1-2-7-4-3-6(1)5-7;2-1(3,4)8(5,6)7;/h1-2H,3-5H2;(H,5,6,7);/p-1. The van der Waals surface area contributed by atoms with E-state index in [0.717, 1.165) is 0 Å². The fraction of sp³-hybridized carbons (Fsp3) is 0.500. The second-order valence-corrected chi connectivity index (χ2v) is 4.60. The Morgan fingerprint density at radius 3 is 1.50 bits per heavy atom. The maximum atomic E-state index is 10.7. The van der Waals surface area contributed by atoms with E-state index in [4.69, 9.17) is 13.0 Å². The van der Waals surface area contributed by atoms with Gasteiger partial charge in [0.25, 0.3) is 0 Å². The monoisotopic (exact) mass is 344 g/mol. The molecule has 1 radical (unpaired) electrons. The van der Waals surface area contributed by atoms with Crippen LogP contribution in [0.15, 0.2) is 23.3 Å². The topological polar surface area (TPSA) is 57.2 Å². The quantitative estimate of drug-likeness (QED) is 0.384. The molecule has 0 N–H and O–H groups in total. The van der Waals surface area contributed by atoms with Crippen molar-refractivity contribution in [1.29, 1.82) is 0 Å². The molecule has 95 valence electrons. The molecule has 0 aromatic rings. The number of fused-ring (bicyclic) bond motifs is 2. The van der Waals surface area contributed by atoms with Gasteiger partial charge in [-0.2, -0.15) is 13.2 Å². The molecule has 0 heterocycles. The van der Waals surface area contributed by atoms with E-state index in [1.54, 1.807) is 11.1 Å². The van der Waals surface area contributed by atoms with E-state index in [1.807, 2.05) is 0 Å². The van der Waals surface area contributed by atoms with Crippen molar-refractivity contribution >= 4 is 10.1 Å². The zero-order valence-electron chi connectivity index (χ0n) is 7.88. The van der Waals surface area contributed by atoms with Crippen molar-refractivity contribution in [3.63, 3.8) is 0 Å². The third-order valence-corrected chi connectivity index (χ3v) is 2.63. The second-order valence-electron chi connectivity index (χ2n) is 3.23. The molecule has 3 nitrogen and oxygen atoms in total. The first-order chi connectivity index (χ1) is 6.70. The number of rotatable bonds is 0. The van der Waals surface area contributed by atoms with E-state index < -0.39 is 15.6 Å². The van der Waals surface area contributed by atoms with Gasteiger partial charge in [0, 0.05) is 19.5 Å². The average molecular weight is 344 g/mol. The molecular formula is C8H8F3O3RhS-. The van der Waals surface area contributed by atoms with Gasteiger partial charge >= 0.3 is 5.51 Å². The van der Waals surface area contributed by atoms with Crippen LogP contribution in [0, 0.1) is 0 Å². The molecule has 2 rings (SSSR count). The molecule has 0 spiro atoms. The Morgan fingerprint density at radius 1 is 1.12 bits per heavy atom. The molecular weight excluding hydrogens is 336 g/mol. The third-order valence-electron chi connectivity index (χ3n) is 2.06. The van der Waals surface area contributed by atoms with Crippen LogP contribution in [0.3, 0.4) is 0 Å². The molecule has 0 atom stereocenters. The minimum atomic E-state index is -6.09. The molecule has 0 aromatic carbocycles. The summed E-state index contributed by atoms with van der Waals surface area (Å²) < 4.78 is 58.9. The van der Waals surface area contributed by atoms with Gasteiger partial charge in [0.15, 0.2) is 10.1 Å². The fourth-order valence-corrected chi connectivity index (χ4v) is 1.31. The zero-order valence-corrected chi connectivity index (χ0v) is 10.3. The summed E-state index contributed by atoms with van der Waals surface area (Å²) in [6, 6.07) is 0. The normalized spacial score (nSPS) is 18.0. The molecule has 2 aliphatic rings. The Bertz CT molecular complexity index is 391. The van der Waals surface area contributed by atoms with Gasteiger partial charge < -0.3 is 4.55 Å². The van der Waals surface area contributed by atoms with Gasteiger partial charge in [-0.3, -0.25) is 0 Å². The first-order valence-electron chi connectivity index (χ1n) is 4.10. The van der Waals surface area contributed by atoms with Crippen LogP contribution in [-0.4, -0.2) is 18.5 Å². The summed E-state index contributed by atoms with van der Waals surface area (Å²) in [7, 11) is -6.09. The second kappa shape index (κ2) is 5.42. The first kappa shape index (κ1) is 15.8. The summed E-state index contributed by atoms with van der Waals surface area (Å²) in [6.45, 7) is 0. The van der Waals surface area contributed by atoms with Crippen LogP contribution in [0.5, 0.6) is 0 Å². The molecule has 8 heteroatoms. The number of allylic oxidation sites excluding steroid dienone is 4. The van der Waals surface area contributed by atoms with E-state index in [-0.39, 0.29) is 19.5 Å². The van der Waals surface area contributed by atoms with Crippen molar-refractivity contribution in [2.45, 2.75) is 24.8 Å². The first-order valence-corrected chi connectivity index (χ1v) is 5.50. The van der Waals surface area contributed by atoms with Gasteiger partial charge in [-0.05, 0) is 19.3 Å². The predicted octanol–water partition coefficient (Wildman–Crippen LogP) is 2.09. The Balaban J connectivity index is 0.000000265. The van der Waals surface area contributed by atoms with Crippen molar-refractivity contribution in [3.05, 3.63) is 23.3 Å². The van der Waals surface area contributed by atoms with Crippen LogP contribution < -0.4 is 0 Å². The number of halogens is 3. The van der Waals surface area contributed by atoms with E-state index in [9.17, 15) is 13.2 Å². The van der Waals surface area contributed by atoms with E-state index in [1.165, 1.54) is 19.3 Å². The van der Waals surface area contributed by atoms with Gasteiger partial charge in [-0.25, -0.2) is 8.42 Å². The Kier molecular flexibility index (Phi) is 5.36. The molecule has 0 aromatic heterocycles. The van der Waals surface area contributed by atoms with Crippen LogP contribution in [0.4, 0.5) is 13.2 Å². The molecule has 0 saturated heterocycles. The zero-order chi connectivity index (χ0) is 11.7. The van der Waals surface area contributed by atoms with Crippen LogP contribution >= 0.6 is 0 Å². The van der Waals surface area contributed by atoms with Crippen LogP contribution in [-0.2, 0) is 29.6 Å². The molecule has 2 bridgehead atoms. The minimum Gasteiger partial charge on any atom is -0.741 e. The number of hydrogen-bond acceptors (Lipinski definition) is 3. The van der Waals surface area contributed by atoms with Gasteiger partial charge in [0.05, 0.1) is 0 Å². The molecule has 0 aliphatic heterocycles. The summed E-state index contributed by atoms with van der Waals surface area (Å²) in [6.07, 6.45) is 8.54. The Morgan fingerprint density at radius 2 is 1.44 bits per heavy atom. The molecule has 16 heavy (non-hydrogen) atoms. The van der Waals surface area contributed by atoms with Gasteiger partial charge in [-0.15, -0.1) is 0 Å². The minimum absolute atomic E-state index is 0. The summed E-state index contributed by atoms with van der Waals surface area (Å²) in [5, 5.41) is 0. The number of alkyl halides is 3. The van der Waals surface area contributed by atoms with Crippen LogP contribution in [0.25, 0.3) is 0 Å². The fourth-order valence-electron chi connectivity index (χ4n) is 1.31. The molecule has 1 fully saturated rings. The van der Waals surface area contributed by atoms with Crippen molar-refractivity contribution in [2.75, 3.05) is 0 Å². The predicted molar refractivity (Wildman–Crippen MR) is 45.8 cm³/mol. The van der Waals surface area contributed by atoms with Crippen LogP contribution in [0.1, 0.15) is 19.3 Å². The smallest absolute Gasteiger partial charge is 0.485 e. The van der Waals surface area contributed by atoms with Crippen molar-refractivity contribution in [1.82, 2.24) is 0 Å². The Hall–Kier alpha value is -0.197.